The Hall–Kier alpha value is -2.08. The van der Waals surface area contributed by atoms with E-state index in [1.807, 2.05) is 26.0 Å². The molecule has 1 fully saturated rings. The molecule has 0 bridgehead atoms. The van der Waals surface area contributed by atoms with Crippen LogP contribution >= 0.6 is 0 Å². The summed E-state index contributed by atoms with van der Waals surface area (Å²) in [6, 6.07) is 5.56. The second kappa shape index (κ2) is 6.23. The predicted molar refractivity (Wildman–Crippen MR) is 100 cm³/mol. The van der Waals surface area contributed by atoms with E-state index in [2.05, 4.69) is 0 Å². The monoisotopic (exact) mass is 375 g/mol. The van der Waals surface area contributed by atoms with Gasteiger partial charge in [0, 0.05) is 12.0 Å². The van der Waals surface area contributed by atoms with E-state index in [0.29, 0.717) is 12.8 Å². The summed E-state index contributed by atoms with van der Waals surface area (Å²) < 4.78 is 10.7. The van der Waals surface area contributed by atoms with Crippen LogP contribution in [-0.4, -0.2) is 41.3 Å². The Morgan fingerprint density at radius 1 is 1.30 bits per heavy atom. The highest BCUT2D eigenvalue weighted by atomic mass is 16.6. The van der Waals surface area contributed by atoms with Gasteiger partial charge in [-0.3, -0.25) is 4.79 Å². The number of likely N-dealkylation sites (tertiary alicyclic amines) is 1. The van der Waals surface area contributed by atoms with E-state index in [4.69, 9.17) is 9.47 Å². The second-order valence-electron chi connectivity index (χ2n) is 9.16. The van der Waals surface area contributed by atoms with Gasteiger partial charge in [-0.2, -0.15) is 0 Å². The van der Waals surface area contributed by atoms with Crippen molar-refractivity contribution < 1.29 is 24.2 Å². The van der Waals surface area contributed by atoms with Gasteiger partial charge >= 0.3 is 6.09 Å². The molecule has 2 unspecified atom stereocenters. The molecule has 2 aliphatic rings. The van der Waals surface area contributed by atoms with E-state index in [-0.39, 0.29) is 12.5 Å². The maximum Gasteiger partial charge on any atom is 0.417 e. The number of carbonyl (C=O) groups is 2. The number of hydrogen-bond acceptors (Lipinski definition) is 5. The quantitative estimate of drug-likeness (QED) is 0.859. The SMILES string of the molecule is COc1ccc2c(c1)CC(C)(C)C2(O)C1CCN(C(=O)OC(C)(C)C)C1=O. The van der Waals surface area contributed by atoms with Crippen molar-refractivity contribution in [1.82, 2.24) is 4.90 Å². The number of aliphatic hydroxyl groups is 1. The Morgan fingerprint density at radius 2 is 1.96 bits per heavy atom. The molecule has 1 heterocycles. The molecule has 1 aromatic rings. The summed E-state index contributed by atoms with van der Waals surface area (Å²) in [6.45, 7) is 9.47. The summed E-state index contributed by atoms with van der Waals surface area (Å²) >= 11 is 0. The van der Waals surface area contributed by atoms with Crippen molar-refractivity contribution in [3.8, 4) is 5.75 Å². The number of methoxy groups -OCH3 is 1. The number of imide groups is 1. The number of ether oxygens (including phenoxy) is 2. The highest BCUT2D eigenvalue weighted by molar-refractivity contribution is 5.96. The smallest absolute Gasteiger partial charge is 0.417 e. The molecule has 1 aliphatic heterocycles. The van der Waals surface area contributed by atoms with Crippen LogP contribution < -0.4 is 4.74 Å². The van der Waals surface area contributed by atoms with Crippen molar-refractivity contribution in [1.29, 1.82) is 0 Å². The summed E-state index contributed by atoms with van der Waals surface area (Å²) in [7, 11) is 1.60. The maximum atomic E-state index is 13.1. The first-order chi connectivity index (χ1) is 12.4. The minimum absolute atomic E-state index is 0.252. The largest absolute Gasteiger partial charge is 0.497 e. The van der Waals surface area contributed by atoms with Crippen molar-refractivity contribution in [2.75, 3.05) is 13.7 Å². The second-order valence-corrected chi connectivity index (χ2v) is 9.16. The lowest BCUT2D eigenvalue weighted by Gasteiger charge is -2.41. The number of benzene rings is 1. The molecule has 1 aliphatic carbocycles. The average Bonchev–Trinajstić information content (AvgIpc) is 3.02. The van der Waals surface area contributed by atoms with Crippen LogP contribution in [0.3, 0.4) is 0 Å². The number of amides is 2. The van der Waals surface area contributed by atoms with Gasteiger partial charge in [0.05, 0.1) is 13.0 Å². The first-order valence-corrected chi connectivity index (χ1v) is 9.35. The molecule has 2 amide bonds. The van der Waals surface area contributed by atoms with Gasteiger partial charge in [0.25, 0.3) is 0 Å². The number of carbonyl (C=O) groups excluding carboxylic acids is 2. The minimum atomic E-state index is -1.34. The van der Waals surface area contributed by atoms with Crippen molar-refractivity contribution in [3.63, 3.8) is 0 Å². The highest BCUT2D eigenvalue weighted by Crippen LogP contribution is 2.56. The molecule has 0 radical (unpaired) electrons. The number of fused-ring (bicyclic) bond motifs is 1. The summed E-state index contributed by atoms with van der Waals surface area (Å²) in [4.78, 5) is 26.6. The summed E-state index contributed by atoms with van der Waals surface area (Å²) in [5.41, 5.74) is -0.848. The Labute approximate surface area is 160 Å². The number of nitrogens with zero attached hydrogens (tertiary/aromatic N) is 1. The third kappa shape index (κ3) is 3.10. The van der Waals surface area contributed by atoms with Crippen LogP contribution in [0, 0.1) is 11.3 Å². The van der Waals surface area contributed by atoms with Gasteiger partial charge < -0.3 is 14.6 Å². The molecule has 0 spiro atoms. The first-order valence-electron chi connectivity index (χ1n) is 9.35. The van der Waals surface area contributed by atoms with Crippen LogP contribution in [0.15, 0.2) is 18.2 Å². The molecule has 0 saturated carbocycles. The van der Waals surface area contributed by atoms with Crippen LogP contribution in [0.25, 0.3) is 0 Å². The van der Waals surface area contributed by atoms with Crippen LogP contribution in [0.1, 0.15) is 52.2 Å². The molecule has 1 saturated heterocycles. The molecule has 6 nitrogen and oxygen atoms in total. The topological polar surface area (TPSA) is 76.1 Å². The van der Waals surface area contributed by atoms with Gasteiger partial charge in [-0.1, -0.05) is 19.9 Å². The molecule has 1 aromatic carbocycles. The molecule has 6 heteroatoms. The molecule has 27 heavy (non-hydrogen) atoms. The van der Waals surface area contributed by atoms with Crippen LogP contribution in [-0.2, 0) is 21.6 Å². The van der Waals surface area contributed by atoms with Crippen LogP contribution in [0.5, 0.6) is 5.75 Å². The predicted octanol–water partition coefficient (Wildman–Crippen LogP) is 3.25. The standard InChI is InChI=1S/C21H29NO5/c1-19(2,3)27-18(24)22-10-9-16(17(22)23)21(25)15-8-7-14(26-6)11-13(15)12-20(21,4)5/h7-8,11,16,25H,9-10,12H2,1-6H3. The minimum Gasteiger partial charge on any atom is -0.497 e. The van der Waals surface area contributed by atoms with Gasteiger partial charge in [-0.15, -0.1) is 0 Å². The number of rotatable bonds is 2. The molecule has 3 rings (SSSR count). The van der Waals surface area contributed by atoms with E-state index in [1.54, 1.807) is 33.9 Å². The van der Waals surface area contributed by atoms with Crippen LogP contribution in [0.4, 0.5) is 4.79 Å². The molecule has 1 N–H and O–H groups in total. The summed E-state index contributed by atoms with van der Waals surface area (Å²) in [5, 5.41) is 11.8. The average molecular weight is 375 g/mol. The highest BCUT2D eigenvalue weighted by Gasteiger charge is 2.60. The Morgan fingerprint density at radius 3 is 2.56 bits per heavy atom. The Kier molecular flexibility index (Phi) is 4.54. The number of hydrogen-bond donors (Lipinski definition) is 1. The zero-order valence-electron chi connectivity index (χ0n) is 17.0. The van der Waals surface area contributed by atoms with Gasteiger partial charge in [-0.05, 0) is 56.9 Å². The normalized spacial score (nSPS) is 26.9. The fourth-order valence-corrected chi connectivity index (χ4v) is 4.42. The fraction of sp³-hybridized carbons (Fsp3) is 0.619. The zero-order chi connectivity index (χ0) is 20.2. The lowest BCUT2D eigenvalue weighted by atomic mass is 9.67. The first kappa shape index (κ1) is 19.7. The Balaban J connectivity index is 1.94. The molecular formula is C21H29NO5. The lowest BCUT2D eigenvalue weighted by molar-refractivity contribution is -0.150. The van der Waals surface area contributed by atoms with Gasteiger partial charge in [0.1, 0.15) is 17.0 Å². The van der Waals surface area contributed by atoms with Gasteiger partial charge in [0.15, 0.2) is 0 Å². The van der Waals surface area contributed by atoms with E-state index in [1.165, 1.54) is 0 Å². The maximum absolute atomic E-state index is 13.1. The van der Waals surface area contributed by atoms with Crippen molar-refractivity contribution in [2.24, 2.45) is 11.3 Å². The fourth-order valence-electron chi connectivity index (χ4n) is 4.42. The summed E-state index contributed by atoms with van der Waals surface area (Å²) in [5.74, 6) is -0.333. The van der Waals surface area contributed by atoms with Crippen molar-refractivity contribution >= 4 is 12.0 Å². The van der Waals surface area contributed by atoms with Gasteiger partial charge in [0.2, 0.25) is 5.91 Å². The summed E-state index contributed by atoms with van der Waals surface area (Å²) in [6.07, 6.45) is 0.389. The Bertz CT molecular complexity index is 779. The molecule has 2 atom stereocenters. The molecule has 0 aromatic heterocycles. The third-order valence-electron chi connectivity index (χ3n) is 5.71. The van der Waals surface area contributed by atoms with Crippen LogP contribution in [0.2, 0.25) is 0 Å². The molecular weight excluding hydrogens is 346 g/mol. The lowest BCUT2D eigenvalue weighted by Crippen LogP contribution is -2.49. The van der Waals surface area contributed by atoms with E-state index < -0.39 is 28.6 Å². The third-order valence-corrected chi connectivity index (χ3v) is 5.71. The zero-order valence-corrected chi connectivity index (χ0v) is 17.0. The van der Waals surface area contributed by atoms with E-state index in [9.17, 15) is 14.7 Å². The van der Waals surface area contributed by atoms with E-state index >= 15 is 0 Å². The molecule has 148 valence electrons. The van der Waals surface area contributed by atoms with Crippen molar-refractivity contribution in [3.05, 3.63) is 29.3 Å². The van der Waals surface area contributed by atoms with Gasteiger partial charge in [-0.25, -0.2) is 9.69 Å². The van der Waals surface area contributed by atoms with E-state index in [0.717, 1.165) is 21.8 Å². The van der Waals surface area contributed by atoms with Crippen molar-refractivity contribution in [2.45, 2.75) is 58.7 Å².